The number of aliphatic carboxylic acids is 1. The Morgan fingerprint density at radius 2 is 1.65 bits per heavy atom. The first-order valence-electron chi connectivity index (χ1n) is 8.25. The number of hydrogen-bond donors (Lipinski definition) is 2. The van der Waals surface area contributed by atoms with Gasteiger partial charge in [-0.1, -0.05) is 48.5 Å². The summed E-state index contributed by atoms with van der Waals surface area (Å²) in [6.07, 6.45) is -0.563. The van der Waals surface area contributed by atoms with Crippen LogP contribution in [0.2, 0.25) is 0 Å². The lowest BCUT2D eigenvalue weighted by molar-refractivity contribution is -0.139. The molecule has 26 heavy (non-hydrogen) atoms. The van der Waals surface area contributed by atoms with Crippen LogP contribution in [-0.2, 0) is 14.1 Å². The molecule has 1 aliphatic rings. The molecule has 0 spiro atoms. The Labute approximate surface area is 152 Å². The van der Waals surface area contributed by atoms with Crippen LogP contribution in [0, 0.1) is 0 Å². The van der Waals surface area contributed by atoms with E-state index in [4.69, 9.17) is 9.84 Å². The van der Waals surface area contributed by atoms with Gasteiger partial charge in [0.2, 0.25) is 0 Å². The molecule has 2 aromatic carbocycles. The van der Waals surface area contributed by atoms with Crippen molar-refractivity contribution >= 4 is 20.5 Å². The second-order valence-corrected chi connectivity index (χ2v) is 6.71. The van der Waals surface area contributed by atoms with Gasteiger partial charge >= 0.3 is 12.1 Å². The largest absolute Gasteiger partial charge is 0.480 e. The van der Waals surface area contributed by atoms with Crippen LogP contribution < -0.4 is 5.32 Å². The zero-order chi connectivity index (χ0) is 18.5. The third kappa shape index (κ3) is 3.75. The predicted octanol–water partition coefficient (Wildman–Crippen LogP) is 3.66. The molecule has 0 bridgehead atoms. The van der Waals surface area contributed by atoms with Gasteiger partial charge in [0.25, 0.3) is 0 Å². The fourth-order valence-electron chi connectivity index (χ4n) is 3.22. The molecule has 2 aromatic rings. The van der Waals surface area contributed by atoms with Gasteiger partial charge in [0.1, 0.15) is 12.6 Å². The van der Waals surface area contributed by atoms with Gasteiger partial charge in [0.15, 0.2) is 8.46 Å². The van der Waals surface area contributed by atoms with Crippen molar-refractivity contribution in [1.82, 2.24) is 5.32 Å². The first-order chi connectivity index (χ1) is 12.6. The van der Waals surface area contributed by atoms with E-state index in [1.54, 1.807) is 0 Å². The molecule has 0 heterocycles. The zero-order valence-corrected chi connectivity index (χ0v) is 14.8. The van der Waals surface area contributed by atoms with Crippen molar-refractivity contribution in [3.05, 3.63) is 59.7 Å². The second-order valence-electron chi connectivity index (χ2n) is 6.00. The van der Waals surface area contributed by atoms with Crippen molar-refractivity contribution in [3.8, 4) is 11.1 Å². The Kier molecular flexibility index (Phi) is 5.64. The molecule has 0 fully saturated rings. The Balaban J connectivity index is 1.69. The number of carboxylic acid groups (broad SMARTS) is 1. The number of hydrogen-bond acceptors (Lipinski definition) is 4. The number of ether oxygens (including phenoxy) is 1. The van der Waals surface area contributed by atoms with Crippen molar-refractivity contribution in [3.63, 3.8) is 0 Å². The molecule has 1 aliphatic carbocycles. The summed E-state index contributed by atoms with van der Waals surface area (Å²) in [4.78, 5) is 23.2. The van der Waals surface area contributed by atoms with E-state index in [0.717, 1.165) is 22.3 Å². The van der Waals surface area contributed by atoms with E-state index < -0.39 is 18.1 Å². The molecule has 0 saturated heterocycles. The first kappa shape index (κ1) is 18.1. The monoisotopic (exact) mass is 371 g/mol. The molecule has 0 saturated carbocycles. The number of rotatable bonds is 7. The molecule has 2 N–H and O–H groups in total. The van der Waals surface area contributed by atoms with Gasteiger partial charge in [-0.15, -0.1) is 0 Å². The SMILES string of the molecule is O=PCCC(NC(=O)OCC1c2ccccc2-c2ccccc21)C(=O)O. The third-order valence-corrected chi connectivity index (χ3v) is 4.88. The van der Waals surface area contributed by atoms with Crippen LogP contribution in [0.5, 0.6) is 0 Å². The van der Waals surface area contributed by atoms with E-state index in [2.05, 4.69) is 5.32 Å². The minimum atomic E-state index is -1.18. The summed E-state index contributed by atoms with van der Waals surface area (Å²) in [5.41, 5.74) is 4.41. The van der Waals surface area contributed by atoms with E-state index in [-0.39, 0.29) is 33.6 Å². The Hall–Kier alpha value is -2.72. The van der Waals surface area contributed by atoms with E-state index in [9.17, 15) is 14.2 Å². The number of benzene rings is 2. The Morgan fingerprint density at radius 3 is 2.19 bits per heavy atom. The molecular formula is C19H18NO5P. The molecule has 7 heteroatoms. The average molecular weight is 371 g/mol. The molecule has 1 atom stereocenters. The van der Waals surface area contributed by atoms with Crippen LogP contribution in [0.1, 0.15) is 23.5 Å². The summed E-state index contributed by atoms with van der Waals surface area (Å²) in [6, 6.07) is 14.8. The van der Waals surface area contributed by atoms with E-state index in [1.807, 2.05) is 48.5 Å². The summed E-state index contributed by atoms with van der Waals surface area (Å²) in [5, 5.41) is 11.4. The van der Waals surface area contributed by atoms with Crippen molar-refractivity contribution in [2.45, 2.75) is 18.4 Å². The lowest BCUT2D eigenvalue weighted by Gasteiger charge is -2.17. The summed E-state index contributed by atoms with van der Waals surface area (Å²) in [7, 11) is -0.157. The summed E-state index contributed by atoms with van der Waals surface area (Å²) in [5.74, 6) is -1.27. The van der Waals surface area contributed by atoms with Crippen LogP contribution in [0.15, 0.2) is 48.5 Å². The van der Waals surface area contributed by atoms with Crippen molar-refractivity contribution in [1.29, 1.82) is 0 Å². The summed E-state index contributed by atoms with van der Waals surface area (Å²) < 4.78 is 15.8. The number of amides is 1. The predicted molar refractivity (Wildman–Crippen MR) is 96.7 cm³/mol. The maximum Gasteiger partial charge on any atom is 0.407 e. The lowest BCUT2D eigenvalue weighted by Crippen LogP contribution is -2.41. The molecule has 0 radical (unpaired) electrons. The first-order valence-corrected chi connectivity index (χ1v) is 9.25. The summed E-state index contributed by atoms with van der Waals surface area (Å²) >= 11 is 0. The minimum absolute atomic E-state index is 0.0740. The molecule has 3 rings (SSSR count). The van der Waals surface area contributed by atoms with Crippen molar-refractivity contribution in [2.24, 2.45) is 0 Å². The Bertz CT molecular complexity index is 793. The maximum absolute atomic E-state index is 12.0. The zero-order valence-electron chi connectivity index (χ0n) is 13.9. The number of carboxylic acids is 1. The molecular weight excluding hydrogens is 353 g/mol. The number of fused-ring (bicyclic) bond motifs is 3. The fraction of sp³-hybridized carbons (Fsp3) is 0.263. The van der Waals surface area contributed by atoms with Crippen molar-refractivity contribution in [2.75, 3.05) is 12.8 Å². The van der Waals surface area contributed by atoms with Gasteiger partial charge in [-0.2, -0.15) is 0 Å². The van der Waals surface area contributed by atoms with Crippen LogP contribution in [0.4, 0.5) is 4.79 Å². The lowest BCUT2D eigenvalue weighted by atomic mass is 9.98. The highest BCUT2D eigenvalue weighted by molar-refractivity contribution is 7.23. The number of nitrogens with one attached hydrogen (secondary N) is 1. The number of alkyl carbamates (subject to hydrolysis) is 1. The standard InChI is InChI=1S/C19H18NO5P/c21-18(22)17(9-10-26-24)20-19(23)25-11-16-14-7-3-1-5-12(14)13-6-2-4-8-15(13)16/h1-8,16-17H,9-11H2,(H,20,23)(H,21,22). The molecule has 134 valence electrons. The van der Waals surface area contributed by atoms with Crippen LogP contribution >= 0.6 is 8.46 Å². The van der Waals surface area contributed by atoms with E-state index in [0.29, 0.717) is 0 Å². The quantitative estimate of drug-likeness (QED) is 0.725. The molecule has 1 unspecified atom stereocenters. The fourth-order valence-corrected chi connectivity index (χ4v) is 3.59. The summed E-state index contributed by atoms with van der Waals surface area (Å²) in [6.45, 7) is 0.117. The second kappa shape index (κ2) is 8.11. The van der Waals surface area contributed by atoms with Crippen LogP contribution in [0.25, 0.3) is 11.1 Å². The maximum atomic E-state index is 12.0. The number of carbonyl (C=O) groups is 2. The minimum Gasteiger partial charge on any atom is -0.480 e. The van der Waals surface area contributed by atoms with Gasteiger partial charge in [-0.25, -0.2) is 9.59 Å². The van der Waals surface area contributed by atoms with Gasteiger partial charge in [0.05, 0.1) is 0 Å². The van der Waals surface area contributed by atoms with Crippen LogP contribution in [0.3, 0.4) is 0 Å². The molecule has 6 nitrogen and oxygen atoms in total. The molecule has 0 aliphatic heterocycles. The third-order valence-electron chi connectivity index (χ3n) is 4.44. The molecule has 0 aromatic heterocycles. The molecule has 1 amide bonds. The van der Waals surface area contributed by atoms with Gasteiger partial charge in [-0.05, 0) is 28.7 Å². The topological polar surface area (TPSA) is 92.7 Å². The van der Waals surface area contributed by atoms with Gasteiger partial charge in [0, 0.05) is 12.1 Å². The van der Waals surface area contributed by atoms with Gasteiger partial charge < -0.3 is 15.2 Å². The van der Waals surface area contributed by atoms with E-state index >= 15 is 0 Å². The van der Waals surface area contributed by atoms with Crippen molar-refractivity contribution < 1.29 is 24.0 Å². The smallest absolute Gasteiger partial charge is 0.407 e. The highest BCUT2D eigenvalue weighted by Gasteiger charge is 2.29. The Morgan fingerprint density at radius 1 is 1.08 bits per heavy atom. The normalized spacial score (nSPS) is 13.7. The average Bonchev–Trinajstić information content (AvgIpc) is 2.97. The highest BCUT2D eigenvalue weighted by atomic mass is 31.1. The van der Waals surface area contributed by atoms with E-state index in [1.165, 1.54) is 0 Å². The number of carbonyl (C=O) groups excluding carboxylic acids is 1. The van der Waals surface area contributed by atoms with Crippen LogP contribution in [-0.4, -0.2) is 36.0 Å². The highest BCUT2D eigenvalue weighted by Crippen LogP contribution is 2.44. The van der Waals surface area contributed by atoms with Gasteiger partial charge in [-0.3, -0.25) is 4.57 Å².